The van der Waals surface area contributed by atoms with Crippen LogP contribution in [-0.4, -0.2) is 15.8 Å². The van der Waals surface area contributed by atoms with E-state index in [1.807, 2.05) is 0 Å². The van der Waals surface area contributed by atoms with Gasteiger partial charge in [-0.25, -0.2) is 0 Å². The molecule has 1 fully saturated rings. The van der Waals surface area contributed by atoms with Gasteiger partial charge in [-0.2, -0.15) is 5.26 Å². The van der Waals surface area contributed by atoms with Crippen LogP contribution in [0.3, 0.4) is 0 Å². The number of rotatable bonds is 4. The molecule has 0 aliphatic heterocycles. The van der Waals surface area contributed by atoms with Crippen molar-refractivity contribution in [3.63, 3.8) is 0 Å². The monoisotopic (exact) mass is 322 g/mol. The van der Waals surface area contributed by atoms with Crippen LogP contribution < -0.4 is 5.32 Å². The number of hydrogen-bond donors (Lipinski definition) is 1. The maximum absolute atomic E-state index is 12.4. The summed E-state index contributed by atoms with van der Waals surface area (Å²) >= 11 is 0. The first-order valence-corrected chi connectivity index (χ1v) is 7.39. The summed E-state index contributed by atoms with van der Waals surface area (Å²) in [4.78, 5) is 27.1. The van der Waals surface area contributed by atoms with Crippen LogP contribution >= 0.6 is 0 Å². The Balaban J connectivity index is 1.84. The highest BCUT2D eigenvalue weighted by molar-refractivity contribution is 6.04. The Morgan fingerprint density at radius 1 is 1.38 bits per heavy atom. The molecule has 1 amide bonds. The van der Waals surface area contributed by atoms with E-state index < -0.39 is 16.2 Å². The van der Waals surface area contributed by atoms with Gasteiger partial charge in [-0.1, -0.05) is 6.07 Å². The van der Waals surface area contributed by atoms with Crippen molar-refractivity contribution in [2.75, 3.05) is 5.32 Å². The van der Waals surface area contributed by atoms with Crippen molar-refractivity contribution < 1.29 is 9.72 Å². The Morgan fingerprint density at radius 3 is 2.75 bits per heavy atom. The number of amides is 1. The highest BCUT2D eigenvalue weighted by Crippen LogP contribution is 2.46. The summed E-state index contributed by atoms with van der Waals surface area (Å²) in [6.07, 6.45) is 2.98. The van der Waals surface area contributed by atoms with E-state index in [-0.39, 0.29) is 5.69 Å². The molecule has 120 valence electrons. The van der Waals surface area contributed by atoms with Crippen LogP contribution in [0.5, 0.6) is 0 Å². The van der Waals surface area contributed by atoms with Crippen molar-refractivity contribution >= 4 is 17.3 Å². The Bertz CT molecular complexity index is 882. The summed E-state index contributed by atoms with van der Waals surface area (Å²) in [7, 11) is 0. The number of pyridine rings is 1. The average Bonchev–Trinajstić information content (AvgIpc) is 3.38. The Labute approximate surface area is 138 Å². The van der Waals surface area contributed by atoms with E-state index in [2.05, 4.69) is 16.4 Å². The van der Waals surface area contributed by atoms with Crippen molar-refractivity contribution in [1.82, 2.24) is 4.98 Å². The molecule has 2 aromatic rings. The topological polar surface area (TPSA) is 109 Å². The minimum Gasteiger partial charge on any atom is -0.322 e. The van der Waals surface area contributed by atoms with E-state index in [4.69, 9.17) is 0 Å². The van der Waals surface area contributed by atoms with Crippen LogP contribution in [0.4, 0.5) is 11.4 Å². The van der Waals surface area contributed by atoms with Gasteiger partial charge in [0.15, 0.2) is 0 Å². The highest BCUT2D eigenvalue weighted by atomic mass is 16.6. The second-order valence-corrected chi connectivity index (χ2v) is 5.84. The van der Waals surface area contributed by atoms with E-state index in [1.165, 1.54) is 12.3 Å². The molecule has 1 aliphatic rings. The predicted molar refractivity (Wildman–Crippen MR) is 86.5 cm³/mol. The number of nitrogens with zero attached hydrogens (tertiary/aromatic N) is 3. The van der Waals surface area contributed by atoms with E-state index in [0.29, 0.717) is 22.5 Å². The molecular weight excluding hydrogens is 308 g/mol. The smallest absolute Gasteiger partial charge is 0.274 e. The van der Waals surface area contributed by atoms with Gasteiger partial charge < -0.3 is 5.32 Å². The molecule has 0 saturated heterocycles. The Hall–Kier alpha value is -3.27. The van der Waals surface area contributed by atoms with Crippen LogP contribution in [-0.2, 0) is 5.41 Å². The molecule has 1 aromatic carbocycles. The van der Waals surface area contributed by atoms with Gasteiger partial charge in [-0.05, 0) is 38.0 Å². The fourth-order valence-corrected chi connectivity index (χ4v) is 2.47. The van der Waals surface area contributed by atoms with E-state index in [1.54, 1.807) is 31.2 Å². The molecule has 24 heavy (non-hydrogen) atoms. The third kappa shape index (κ3) is 2.82. The molecule has 1 heterocycles. The summed E-state index contributed by atoms with van der Waals surface area (Å²) in [6.45, 7) is 1.63. The van der Waals surface area contributed by atoms with Crippen molar-refractivity contribution in [3.05, 3.63) is 63.5 Å². The summed E-state index contributed by atoms with van der Waals surface area (Å²) in [6, 6.07) is 9.92. The van der Waals surface area contributed by atoms with Crippen molar-refractivity contribution in [2.24, 2.45) is 0 Å². The number of aromatic nitrogens is 1. The lowest BCUT2D eigenvalue weighted by molar-refractivity contribution is -0.385. The number of nitrogens with one attached hydrogen (secondary N) is 1. The average molecular weight is 322 g/mol. The molecule has 0 unspecified atom stereocenters. The predicted octanol–water partition coefficient (Wildman–Crippen LogP) is 3.11. The van der Waals surface area contributed by atoms with Crippen LogP contribution in [0.25, 0.3) is 0 Å². The first kappa shape index (κ1) is 15.6. The molecule has 1 saturated carbocycles. The lowest BCUT2D eigenvalue weighted by Crippen LogP contribution is -2.14. The van der Waals surface area contributed by atoms with Crippen molar-refractivity contribution in [1.29, 1.82) is 5.26 Å². The molecule has 0 atom stereocenters. The first-order valence-electron chi connectivity index (χ1n) is 7.39. The van der Waals surface area contributed by atoms with Crippen LogP contribution in [0, 0.1) is 28.4 Å². The summed E-state index contributed by atoms with van der Waals surface area (Å²) in [5, 5.41) is 22.9. The fourth-order valence-electron chi connectivity index (χ4n) is 2.47. The van der Waals surface area contributed by atoms with Gasteiger partial charge in [0.1, 0.15) is 0 Å². The molecule has 1 aromatic heterocycles. The number of nitro benzene ring substituents is 1. The Morgan fingerprint density at radius 2 is 2.12 bits per heavy atom. The summed E-state index contributed by atoms with van der Waals surface area (Å²) in [5.74, 6) is -0.398. The minimum atomic E-state index is -0.571. The third-order valence-electron chi connectivity index (χ3n) is 4.14. The van der Waals surface area contributed by atoms with Gasteiger partial charge in [-0.3, -0.25) is 19.9 Å². The third-order valence-corrected chi connectivity index (χ3v) is 4.14. The lowest BCUT2D eigenvalue weighted by Gasteiger charge is -2.09. The summed E-state index contributed by atoms with van der Waals surface area (Å²) in [5.41, 5.74) is 1.20. The number of benzene rings is 1. The zero-order valence-corrected chi connectivity index (χ0v) is 12.9. The molecule has 0 radical (unpaired) electrons. The van der Waals surface area contributed by atoms with Gasteiger partial charge in [0.25, 0.3) is 11.6 Å². The number of carbonyl (C=O) groups is 1. The lowest BCUT2D eigenvalue weighted by atomic mass is 10.0. The zero-order chi connectivity index (χ0) is 17.3. The SMILES string of the molecule is Cc1ccc(NC(=O)c2ccnc(C3(C#N)CC3)c2)cc1[N+](=O)[O-]. The number of hydrogen-bond acceptors (Lipinski definition) is 5. The molecular formula is C17H14N4O3. The van der Waals surface area contributed by atoms with Crippen LogP contribution in [0.15, 0.2) is 36.5 Å². The van der Waals surface area contributed by atoms with Gasteiger partial charge in [0, 0.05) is 29.1 Å². The maximum atomic E-state index is 12.4. The highest BCUT2D eigenvalue weighted by Gasteiger charge is 2.46. The fraction of sp³-hybridized carbons (Fsp3) is 0.235. The van der Waals surface area contributed by atoms with Crippen molar-refractivity contribution in [2.45, 2.75) is 25.2 Å². The molecule has 0 spiro atoms. The maximum Gasteiger partial charge on any atom is 0.274 e. The second kappa shape index (κ2) is 5.74. The number of anilines is 1. The second-order valence-electron chi connectivity index (χ2n) is 5.84. The van der Waals surface area contributed by atoms with E-state index in [0.717, 1.165) is 12.8 Å². The number of nitro groups is 1. The quantitative estimate of drug-likeness (QED) is 0.687. The minimum absolute atomic E-state index is 0.0513. The van der Waals surface area contributed by atoms with Gasteiger partial charge >= 0.3 is 0 Å². The number of aryl methyl sites for hydroxylation is 1. The van der Waals surface area contributed by atoms with Crippen LogP contribution in [0.2, 0.25) is 0 Å². The Kier molecular flexibility index (Phi) is 3.73. The number of nitriles is 1. The molecule has 0 bridgehead atoms. The molecule has 3 rings (SSSR count). The first-order chi connectivity index (χ1) is 11.4. The van der Waals surface area contributed by atoms with Crippen LogP contribution in [0.1, 0.15) is 34.5 Å². The molecule has 1 N–H and O–H groups in total. The van der Waals surface area contributed by atoms with E-state index in [9.17, 15) is 20.2 Å². The largest absolute Gasteiger partial charge is 0.322 e. The van der Waals surface area contributed by atoms with Gasteiger partial charge in [0.05, 0.1) is 22.1 Å². The molecule has 7 nitrogen and oxygen atoms in total. The van der Waals surface area contributed by atoms with Crippen molar-refractivity contribution in [3.8, 4) is 6.07 Å². The standard InChI is InChI=1S/C17H14N4O3/c1-11-2-3-13(9-14(11)21(23)24)20-16(22)12-4-7-19-15(8-12)17(10-18)5-6-17/h2-4,7-9H,5-6H2,1H3,(H,20,22). The van der Waals surface area contributed by atoms with Gasteiger partial charge in [-0.15, -0.1) is 0 Å². The molecule has 1 aliphatic carbocycles. The normalized spacial score (nSPS) is 14.5. The molecule has 7 heteroatoms. The van der Waals surface area contributed by atoms with Gasteiger partial charge in [0.2, 0.25) is 0 Å². The number of carbonyl (C=O) groups excluding carboxylic acids is 1. The van der Waals surface area contributed by atoms with E-state index >= 15 is 0 Å². The zero-order valence-electron chi connectivity index (χ0n) is 12.9. The summed E-state index contributed by atoms with van der Waals surface area (Å²) < 4.78 is 0.